The first-order valence-corrected chi connectivity index (χ1v) is 11.2. The van der Waals surface area contributed by atoms with Gasteiger partial charge in [-0.25, -0.2) is 0 Å². The van der Waals surface area contributed by atoms with Crippen LogP contribution in [-0.4, -0.2) is 40.7 Å². The normalized spacial score (nSPS) is 15.7. The number of nitrogens with one attached hydrogen (secondary N) is 1. The monoisotopic (exact) mass is 457 g/mol. The second-order valence-electron chi connectivity index (χ2n) is 8.26. The first-order chi connectivity index (χ1) is 15.1. The van der Waals surface area contributed by atoms with E-state index in [0.717, 1.165) is 48.1 Å². The third kappa shape index (κ3) is 5.71. The lowest BCUT2D eigenvalue weighted by Gasteiger charge is -2.14. The van der Waals surface area contributed by atoms with E-state index in [1.165, 1.54) is 25.7 Å². The summed E-state index contributed by atoms with van der Waals surface area (Å²) in [5.41, 5.74) is 6.51. The maximum Gasteiger partial charge on any atom is 0.231 e. The summed E-state index contributed by atoms with van der Waals surface area (Å²) < 4.78 is 11.4. The number of ether oxygens (including phenoxy) is 1. The number of fused-ring (bicyclic) bond motifs is 1. The number of nitrogens with two attached hydrogens (primary N) is 1. The predicted molar refractivity (Wildman–Crippen MR) is 130 cm³/mol. The molecule has 2 heterocycles. The topological polar surface area (TPSA) is 101 Å². The minimum absolute atomic E-state index is 0. The number of hydrogen-bond donors (Lipinski definition) is 2. The zero-order valence-corrected chi connectivity index (χ0v) is 19.4. The number of hydrogen-bond acceptors (Lipinski definition) is 5. The summed E-state index contributed by atoms with van der Waals surface area (Å²) in [5.74, 6) is 2.32. The van der Waals surface area contributed by atoms with Gasteiger partial charge in [0, 0.05) is 18.7 Å². The number of rotatable bonds is 9. The average Bonchev–Trinajstić information content (AvgIpc) is 3.45. The van der Waals surface area contributed by atoms with Crippen molar-refractivity contribution in [2.75, 3.05) is 19.7 Å². The molecule has 8 heteroatoms. The number of likely N-dealkylation sites (tertiary alicyclic amines) is 1. The lowest BCUT2D eigenvalue weighted by Crippen LogP contribution is -2.34. The highest BCUT2D eigenvalue weighted by Crippen LogP contribution is 2.29. The van der Waals surface area contributed by atoms with Crippen LogP contribution < -0.4 is 10.5 Å². The molecule has 1 saturated heterocycles. The number of benzene rings is 2. The minimum atomic E-state index is 0. The van der Waals surface area contributed by atoms with Gasteiger partial charge in [0.15, 0.2) is 5.96 Å². The Hall–Kier alpha value is -2.80. The Morgan fingerprint density at radius 3 is 2.72 bits per heavy atom. The molecule has 0 unspecified atom stereocenters. The number of guanidine groups is 1. The molecule has 1 aromatic heterocycles. The zero-order chi connectivity index (χ0) is 21.6. The lowest BCUT2D eigenvalue weighted by atomic mass is 10.1. The molecule has 0 spiro atoms. The summed E-state index contributed by atoms with van der Waals surface area (Å²) in [5, 5.41) is 14.0. The van der Waals surface area contributed by atoms with Crippen molar-refractivity contribution >= 4 is 29.1 Å². The van der Waals surface area contributed by atoms with Crippen LogP contribution in [0.1, 0.15) is 57.3 Å². The van der Waals surface area contributed by atoms with Gasteiger partial charge in [-0.05, 0) is 41.8 Å². The van der Waals surface area contributed by atoms with Crippen LogP contribution in [0.4, 0.5) is 0 Å². The quantitative estimate of drug-likeness (QED) is 0.255. The Labute approximate surface area is 195 Å². The van der Waals surface area contributed by atoms with Crippen LogP contribution >= 0.6 is 12.4 Å². The van der Waals surface area contributed by atoms with E-state index >= 15 is 0 Å². The van der Waals surface area contributed by atoms with Gasteiger partial charge in [-0.2, -0.15) is 4.98 Å². The molecule has 2 aromatic carbocycles. The van der Waals surface area contributed by atoms with Crippen molar-refractivity contribution in [1.29, 1.82) is 5.41 Å². The maximum absolute atomic E-state index is 7.58. The molecule has 0 bridgehead atoms. The van der Waals surface area contributed by atoms with Crippen molar-refractivity contribution in [1.82, 2.24) is 15.0 Å². The van der Waals surface area contributed by atoms with Gasteiger partial charge in [0.1, 0.15) is 5.75 Å². The third-order valence-electron chi connectivity index (χ3n) is 5.91. The van der Waals surface area contributed by atoms with Crippen LogP contribution in [0.2, 0.25) is 0 Å². The van der Waals surface area contributed by atoms with Crippen LogP contribution in [0.25, 0.3) is 22.2 Å². The standard InChI is InChI=1S/C24H31N5O2.ClH/c1-2-3-4-5-6-13-30-21-10-9-17-14-19(8-7-18(17)15-21)22-27-23(31-28-22)20-11-12-29(16-20)24(25)26;/h7-10,14-15,20H,2-6,11-13,16H2,1H3,(H3,25,26);1H/t20-;/m1./s1. The Kier molecular flexibility index (Phi) is 8.33. The number of aromatic nitrogens is 2. The summed E-state index contributed by atoms with van der Waals surface area (Å²) in [6, 6.07) is 12.4. The SMILES string of the molecule is CCCCCCCOc1ccc2cc(-c3noc([C@@H]4CCN(C(=N)N)C4)n3)ccc2c1.Cl. The fraction of sp³-hybridized carbons (Fsp3) is 0.458. The van der Waals surface area contributed by atoms with Gasteiger partial charge in [0.2, 0.25) is 11.7 Å². The van der Waals surface area contributed by atoms with Crippen molar-refractivity contribution < 1.29 is 9.26 Å². The van der Waals surface area contributed by atoms with Gasteiger partial charge >= 0.3 is 0 Å². The van der Waals surface area contributed by atoms with Crippen LogP contribution in [0.15, 0.2) is 40.9 Å². The predicted octanol–water partition coefficient (Wildman–Crippen LogP) is 5.34. The number of unbranched alkanes of at least 4 members (excludes halogenated alkanes) is 4. The maximum atomic E-state index is 7.58. The van der Waals surface area contributed by atoms with Crippen molar-refractivity contribution in [3.05, 3.63) is 42.3 Å². The van der Waals surface area contributed by atoms with Gasteiger partial charge < -0.3 is 19.9 Å². The Balaban J connectivity index is 0.00000289. The average molecular weight is 458 g/mol. The summed E-state index contributed by atoms with van der Waals surface area (Å²) in [7, 11) is 0. The second kappa shape index (κ2) is 11.2. The fourth-order valence-corrected chi connectivity index (χ4v) is 4.05. The molecule has 1 fully saturated rings. The number of nitrogens with zero attached hydrogens (tertiary/aromatic N) is 3. The molecule has 3 aromatic rings. The Bertz CT molecular complexity index is 1040. The van der Waals surface area contributed by atoms with E-state index in [0.29, 0.717) is 18.3 Å². The van der Waals surface area contributed by atoms with Gasteiger partial charge in [-0.1, -0.05) is 56.0 Å². The van der Waals surface area contributed by atoms with Gasteiger partial charge in [0.25, 0.3) is 0 Å². The molecular weight excluding hydrogens is 426 g/mol. The molecule has 0 radical (unpaired) electrons. The van der Waals surface area contributed by atoms with Gasteiger partial charge in [-0.15, -0.1) is 12.4 Å². The molecular formula is C24H32ClN5O2. The summed E-state index contributed by atoms with van der Waals surface area (Å²) >= 11 is 0. The first kappa shape index (κ1) is 23.9. The summed E-state index contributed by atoms with van der Waals surface area (Å²) in [6.45, 7) is 4.39. The molecule has 1 atom stereocenters. The van der Waals surface area contributed by atoms with Crippen molar-refractivity contribution in [2.24, 2.45) is 5.73 Å². The molecule has 1 aliphatic rings. The van der Waals surface area contributed by atoms with Crippen molar-refractivity contribution in [2.45, 2.75) is 51.4 Å². The molecule has 0 saturated carbocycles. The number of halogens is 1. The molecule has 7 nitrogen and oxygen atoms in total. The summed E-state index contributed by atoms with van der Waals surface area (Å²) in [4.78, 5) is 6.44. The van der Waals surface area contributed by atoms with Gasteiger partial charge in [-0.3, -0.25) is 5.41 Å². The Morgan fingerprint density at radius 2 is 1.94 bits per heavy atom. The molecule has 172 valence electrons. The smallest absolute Gasteiger partial charge is 0.231 e. The largest absolute Gasteiger partial charge is 0.494 e. The molecule has 4 rings (SSSR count). The molecule has 0 amide bonds. The third-order valence-corrected chi connectivity index (χ3v) is 5.91. The van der Waals surface area contributed by atoms with Crippen molar-refractivity contribution in [3.63, 3.8) is 0 Å². The highest BCUT2D eigenvalue weighted by atomic mass is 35.5. The molecule has 3 N–H and O–H groups in total. The molecule has 1 aliphatic heterocycles. The highest BCUT2D eigenvalue weighted by Gasteiger charge is 2.29. The second-order valence-corrected chi connectivity index (χ2v) is 8.26. The van der Waals surface area contributed by atoms with E-state index in [4.69, 9.17) is 20.4 Å². The van der Waals surface area contributed by atoms with Crippen molar-refractivity contribution in [3.8, 4) is 17.1 Å². The first-order valence-electron chi connectivity index (χ1n) is 11.2. The van der Waals surface area contributed by atoms with E-state index in [1.54, 1.807) is 0 Å². The molecule has 0 aliphatic carbocycles. The van der Waals surface area contributed by atoms with Crippen LogP contribution in [0.3, 0.4) is 0 Å². The van der Waals surface area contributed by atoms with Gasteiger partial charge in [0.05, 0.1) is 12.5 Å². The van der Waals surface area contributed by atoms with Crippen LogP contribution in [0.5, 0.6) is 5.75 Å². The lowest BCUT2D eigenvalue weighted by molar-refractivity contribution is 0.305. The van der Waals surface area contributed by atoms with E-state index in [9.17, 15) is 0 Å². The highest BCUT2D eigenvalue weighted by molar-refractivity contribution is 5.87. The van der Waals surface area contributed by atoms with E-state index in [1.807, 2.05) is 17.0 Å². The van der Waals surface area contributed by atoms with Crippen LogP contribution in [-0.2, 0) is 0 Å². The molecule has 32 heavy (non-hydrogen) atoms. The zero-order valence-electron chi connectivity index (χ0n) is 18.5. The Morgan fingerprint density at radius 1 is 1.16 bits per heavy atom. The van der Waals surface area contributed by atoms with E-state index < -0.39 is 0 Å². The fourth-order valence-electron chi connectivity index (χ4n) is 4.05. The van der Waals surface area contributed by atoms with E-state index in [-0.39, 0.29) is 24.3 Å². The minimum Gasteiger partial charge on any atom is -0.494 e. The van der Waals surface area contributed by atoms with Crippen LogP contribution in [0, 0.1) is 5.41 Å². The van der Waals surface area contributed by atoms with E-state index in [2.05, 4.69) is 41.3 Å². The summed E-state index contributed by atoms with van der Waals surface area (Å²) in [6.07, 6.45) is 7.04.